The quantitative estimate of drug-likeness (QED) is 0.756. The lowest BCUT2D eigenvalue weighted by Gasteiger charge is -2.34. The molecule has 1 aromatic carbocycles. The van der Waals surface area contributed by atoms with Crippen LogP contribution in [-0.2, 0) is 16.0 Å². The van der Waals surface area contributed by atoms with Gasteiger partial charge in [0.05, 0.1) is 6.04 Å². The average Bonchev–Trinajstić information content (AvgIpc) is 3.20. The summed E-state index contributed by atoms with van der Waals surface area (Å²) >= 11 is 0. The van der Waals surface area contributed by atoms with Gasteiger partial charge < -0.3 is 15.5 Å². The predicted octanol–water partition coefficient (Wildman–Crippen LogP) is 2.53. The fraction of sp³-hybridized carbons (Fsp3) is 0.619. The van der Waals surface area contributed by atoms with Crippen LogP contribution >= 0.6 is 12.4 Å². The first-order valence-electron chi connectivity index (χ1n) is 10.1. The Morgan fingerprint density at radius 3 is 2.86 bits per heavy atom. The Hall–Kier alpha value is -1.66. The summed E-state index contributed by atoms with van der Waals surface area (Å²) in [7, 11) is 0. The molecule has 2 fully saturated rings. The maximum atomic E-state index is 13.4. The number of nitrogens with one attached hydrogen (secondary N) is 2. The van der Waals surface area contributed by atoms with Gasteiger partial charge in [-0.1, -0.05) is 19.1 Å². The number of benzene rings is 1. The summed E-state index contributed by atoms with van der Waals surface area (Å²) in [4.78, 5) is 26.9. The maximum Gasteiger partial charge on any atom is 0.237 e. The highest BCUT2D eigenvalue weighted by molar-refractivity contribution is 5.85. The fourth-order valence-electron chi connectivity index (χ4n) is 4.12. The van der Waals surface area contributed by atoms with E-state index in [1.807, 2.05) is 17.9 Å². The summed E-state index contributed by atoms with van der Waals surface area (Å²) in [5.41, 5.74) is 0.848. The molecule has 0 saturated carbocycles. The van der Waals surface area contributed by atoms with Gasteiger partial charge in [0.2, 0.25) is 11.8 Å². The first-order valence-corrected chi connectivity index (χ1v) is 10.1. The van der Waals surface area contributed by atoms with Crippen molar-refractivity contribution in [2.45, 2.75) is 45.1 Å². The smallest absolute Gasteiger partial charge is 0.237 e. The van der Waals surface area contributed by atoms with E-state index in [4.69, 9.17) is 0 Å². The molecule has 156 valence electrons. The molecule has 1 aromatic rings. The summed E-state index contributed by atoms with van der Waals surface area (Å²) in [6.45, 7) is 4.89. The lowest BCUT2D eigenvalue weighted by molar-refractivity contribution is -0.136. The van der Waals surface area contributed by atoms with Crippen LogP contribution in [0.1, 0.15) is 38.2 Å². The van der Waals surface area contributed by atoms with Crippen LogP contribution in [0.4, 0.5) is 4.39 Å². The van der Waals surface area contributed by atoms with Crippen molar-refractivity contribution in [3.63, 3.8) is 0 Å². The number of hydrogen-bond acceptors (Lipinski definition) is 3. The van der Waals surface area contributed by atoms with Gasteiger partial charge in [0, 0.05) is 25.6 Å². The Morgan fingerprint density at radius 1 is 1.32 bits per heavy atom. The molecule has 5 nitrogen and oxygen atoms in total. The van der Waals surface area contributed by atoms with Gasteiger partial charge >= 0.3 is 0 Å². The number of amides is 2. The van der Waals surface area contributed by atoms with E-state index in [9.17, 15) is 14.0 Å². The van der Waals surface area contributed by atoms with Gasteiger partial charge in [0.15, 0.2) is 0 Å². The Balaban J connectivity index is 0.00000280. The van der Waals surface area contributed by atoms with Gasteiger partial charge in [-0.3, -0.25) is 9.59 Å². The van der Waals surface area contributed by atoms with Crippen LogP contribution in [0, 0.1) is 17.7 Å². The molecule has 2 saturated heterocycles. The van der Waals surface area contributed by atoms with E-state index < -0.39 is 0 Å². The molecule has 0 aliphatic carbocycles. The van der Waals surface area contributed by atoms with Crippen molar-refractivity contribution in [3.8, 4) is 0 Å². The number of halogens is 2. The summed E-state index contributed by atoms with van der Waals surface area (Å²) in [5.74, 6) is 0.0538. The van der Waals surface area contributed by atoms with Gasteiger partial charge in [0.1, 0.15) is 5.82 Å². The Kier molecular flexibility index (Phi) is 8.70. The van der Waals surface area contributed by atoms with E-state index in [0.717, 1.165) is 44.3 Å². The highest BCUT2D eigenvalue weighted by Crippen LogP contribution is 2.20. The van der Waals surface area contributed by atoms with Crippen molar-refractivity contribution in [1.82, 2.24) is 15.5 Å². The minimum atomic E-state index is -0.266. The number of likely N-dealkylation sites (tertiary alicyclic amines) is 1. The zero-order valence-corrected chi connectivity index (χ0v) is 17.3. The monoisotopic (exact) mass is 411 g/mol. The molecule has 3 unspecified atom stereocenters. The molecule has 28 heavy (non-hydrogen) atoms. The first kappa shape index (κ1) is 22.6. The van der Waals surface area contributed by atoms with E-state index in [2.05, 4.69) is 10.6 Å². The van der Waals surface area contributed by atoms with Crippen LogP contribution in [0.5, 0.6) is 0 Å². The lowest BCUT2D eigenvalue weighted by atomic mass is 9.94. The van der Waals surface area contributed by atoms with Crippen molar-refractivity contribution in [2.75, 3.05) is 26.2 Å². The van der Waals surface area contributed by atoms with Crippen molar-refractivity contribution in [3.05, 3.63) is 35.6 Å². The van der Waals surface area contributed by atoms with E-state index in [1.165, 1.54) is 12.1 Å². The van der Waals surface area contributed by atoms with Gasteiger partial charge in [-0.15, -0.1) is 12.4 Å². The topological polar surface area (TPSA) is 61.4 Å². The van der Waals surface area contributed by atoms with Crippen molar-refractivity contribution >= 4 is 24.2 Å². The largest absolute Gasteiger partial charge is 0.354 e. The number of nitrogens with zero attached hydrogens (tertiary/aromatic N) is 1. The SMILES string of the molecule is CC(Cc1cccc(F)c1)C(=O)N1CCCC(CNC(=O)C2CCCN2)C1.Cl. The molecule has 0 radical (unpaired) electrons. The van der Waals surface area contributed by atoms with Gasteiger partial charge in [-0.05, 0) is 62.3 Å². The standard InChI is InChI=1S/C21H30FN3O2.ClH/c1-15(11-16-5-2-7-18(22)12-16)21(27)25-10-4-6-17(14-25)13-24-20(26)19-8-3-9-23-19;/h2,5,7,12,15,17,19,23H,3-4,6,8-11,13-14H2,1H3,(H,24,26);1H. The zero-order chi connectivity index (χ0) is 19.2. The van der Waals surface area contributed by atoms with Crippen molar-refractivity contribution in [1.29, 1.82) is 0 Å². The summed E-state index contributed by atoms with van der Waals surface area (Å²) in [6, 6.07) is 6.40. The third kappa shape index (κ3) is 6.17. The van der Waals surface area contributed by atoms with Gasteiger partial charge in [-0.25, -0.2) is 4.39 Å². The van der Waals surface area contributed by atoms with Crippen molar-refractivity contribution < 1.29 is 14.0 Å². The Labute approximate surface area is 172 Å². The van der Waals surface area contributed by atoms with Crippen LogP contribution in [0.3, 0.4) is 0 Å². The molecule has 0 aromatic heterocycles. The molecular weight excluding hydrogens is 381 g/mol. The first-order chi connectivity index (χ1) is 13.0. The van der Waals surface area contributed by atoms with E-state index >= 15 is 0 Å². The van der Waals surface area contributed by atoms with Crippen molar-refractivity contribution in [2.24, 2.45) is 11.8 Å². The van der Waals surface area contributed by atoms with Gasteiger partial charge in [-0.2, -0.15) is 0 Å². The van der Waals surface area contributed by atoms with E-state index in [-0.39, 0.29) is 42.0 Å². The normalized spacial score (nSPS) is 23.0. The predicted molar refractivity (Wildman–Crippen MR) is 110 cm³/mol. The van der Waals surface area contributed by atoms with E-state index in [1.54, 1.807) is 6.07 Å². The molecule has 7 heteroatoms. The second kappa shape index (κ2) is 10.8. The number of rotatable bonds is 6. The number of hydrogen-bond donors (Lipinski definition) is 2. The maximum absolute atomic E-state index is 13.4. The second-order valence-corrected chi connectivity index (χ2v) is 7.92. The van der Waals surface area contributed by atoms with Crippen LogP contribution < -0.4 is 10.6 Å². The highest BCUT2D eigenvalue weighted by atomic mass is 35.5. The third-order valence-corrected chi connectivity index (χ3v) is 5.62. The number of carbonyl (C=O) groups excluding carboxylic acids is 2. The second-order valence-electron chi connectivity index (χ2n) is 7.92. The highest BCUT2D eigenvalue weighted by Gasteiger charge is 2.28. The molecule has 3 atom stereocenters. The molecule has 2 heterocycles. The molecule has 2 aliphatic heterocycles. The fourth-order valence-corrected chi connectivity index (χ4v) is 4.12. The Bertz CT molecular complexity index is 667. The molecule has 2 N–H and O–H groups in total. The molecule has 3 rings (SSSR count). The molecular formula is C21H31ClFN3O2. The minimum Gasteiger partial charge on any atom is -0.354 e. The van der Waals surface area contributed by atoms with Gasteiger partial charge in [0.25, 0.3) is 0 Å². The molecule has 0 bridgehead atoms. The number of piperidine rings is 1. The number of carbonyl (C=O) groups is 2. The zero-order valence-electron chi connectivity index (χ0n) is 16.5. The molecule has 2 amide bonds. The lowest BCUT2D eigenvalue weighted by Crippen LogP contribution is -2.47. The summed E-state index contributed by atoms with van der Waals surface area (Å²) in [6.07, 6.45) is 4.48. The van der Waals surface area contributed by atoms with Crippen LogP contribution in [0.15, 0.2) is 24.3 Å². The van der Waals surface area contributed by atoms with Crippen LogP contribution in [0.2, 0.25) is 0 Å². The molecule has 0 spiro atoms. The van der Waals surface area contributed by atoms with Crippen LogP contribution in [-0.4, -0.2) is 48.9 Å². The Morgan fingerprint density at radius 2 is 2.14 bits per heavy atom. The van der Waals surface area contributed by atoms with Crippen LogP contribution in [0.25, 0.3) is 0 Å². The molecule has 2 aliphatic rings. The van der Waals surface area contributed by atoms with E-state index in [0.29, 0.717) is 25.4 Å². The summed E-state index contributed by atoms with van der Waals surface area (Å²) in [5, 5.41) is 6.26. The summed E-state index contributed by atoms with van der Waals surface area (Å²) < 4.78 is 13.4. The average molecular weight is 412 g/mol. The minimum absolute atomic E-state index is 0. The third-order valence-electron chi connectivity index (χ3n) is 5.62.